The van der Waals surface area contributed by atoms with Crippen molar-refractivity contribution >= 4 is 0 Å². The minimum Gasteiger partial charge on any atom is -0.335 e. The lowest BCUT2D eigenvalue weighted by Gasteiger charge is -2.16. The second kappa shape index (κ2) is 7.01. The Bertz CT molecular complexity index is 480. The molecule has 102 valence electrons. The molecule has 0 saturated heterocycles. The Labute approximate surface area is 113 Å². The van der Waals surface area contributed by atoms with E-state index in [1.165, 1.54) is 5.56 Å². The van der Waals surface area contributed by atoms with E-state index in [9.17, 15) is 0 Å². The zero-order valence-corrected chi connectivity index (χ0v) is 11.3. The van der Waals surface area contributed by atoms with Gasteiger partial charge < -0.3 is 4.57 Å². The molecule has 3 N–H and O–H groups in total. The SMILES string of the molecule is CCn1ccnc1CC(CCc1ccncc1)NN. The van der Waals surface area contributed by atoms with Crippen LogP contribution in [-0.4, -0.2) is 20.6 Å². The molecule has 0 aliphatic heterocycles. The van der Waals surface area contributed by atoms with Crippen molar-refractivity contribution in [3.63, 3.8) is 0 Å². The van der Waals surface area contributed by atoms with Crippen molar-refractivity contribution in [1.29, 1.82) is 0 Å². The van der Waals surface area contributed by atoms with Gasteiger partial charge in [0, 0.05) is 43.8 Å². The molecule has 1 atom stereocenters. The summed E-state index contributed by atoms with van der Waals surface area (Å²) in [5.41, 5.74) is 4.18. The Morgan fingerprint density at radius 3 is 2.79 bits per heavy atom. The summed E-state index contributed by atoms with van der Waals surface area (Å²) in [7, 11) is 0. The molecule has 2 rings (SSSR count). The highest BCUT2D eigenvalue weighted by molar-refractivity contribution is 5.10. The van der Waals surface area contributed by atoms with E-state index >= 15 is 0 Å². The number of nitrogens with zero attached hydrogens (tertiary/aromatic N) is 3. The molecule has 5 nitrogen and oxygen atoms in total. The Kier molecular flexibility index (Phi) is 5.06. The van der Waals surface area contributed by atoms with E-state index in [1.807, 2.05) is 36.9 Å². The summed E-state index contributed by atoms with van der Waals surface area (Å²) >= 11 is 0. The first kappa shape index (κ1) is 13.7. The van der Waals surface area contributed by atoms with Crippen molar-refractivity contribution in [3.8, 4) is 0 Å². The summed E-state index contributed by atoms with van der Waals surface area (Å²) in [6, 6.07) is 4.32. The first-order valence-electron chi connectivity index (χ1n) is 6.68. The average Bonchev–Trinajstić information content (AvgIpc) is 2.91. The van der Waals surface area contributed by atoms with Gasteiger partial charge in [-0.1, -0.05) is 0 Å². The number of pyridine rings is 1. The molecule has 0 radical (unpaired) electrons. The van der Waals surface area contributed by atoms with Crippen LogP contribution in [0.3, 0.4) is 0 Å². The molecule has 0 aliphatic rings. The van der Waals surface area contributed by atoms with Gasteiger partial charge in [0.25, 0.3) is 0 Å². The molecule has 5 heteroatoms. The highest BCUT2D eigenvalue weighted by Gasteiger charge is 2.11. The lowest BCUT2D eigenvalue weighted by molar-refractivity contribution is 0.473. The van der Waals surface area contributed by atoms with Crippen molar-refractivity contribution in [2.45, 2.75) is 38.8 Å². The molecule has 2 aromatic rings. The predicted octanol–water partition coefficient (Wildman–Crippen LogP) is 1.31. The standard InChI is InChI=1S/C14H21N5/c1-2-19-10-9-17-14(19)11-13(18-15)4-3-12-5-7-16-8-6-12/h5-10,13,18H,2-4,11,15H2,1H3. The van der Waals surface area contributed by atoms with Crippen LogP contribution >= 0.6 is 0 Å². The molecule has 19 heavy (non-hydrogen) atoms. The van der Waals surface area contributed by atoms with Crippen molar-refractivity contribution < 1.29 is 0 Å². The van der Waals surface area contributed by atoms with Gasteiger partial charge >= 0.3 is 0 Å². The van der Waals surface area contributed by atoms with Crippen LogP contribution in [0.5, 0.6) is 0 Å². The molecule has 0 aliphatic carbocycles. The normalized spacial score (nSPS) is 12.5. The van der Waals surface area contributed by atoms with Gasteiger partial charge in [0.1, 0.15) is 5.82 Å². The molecule has 2 heterocycles. The molecular weight excluding hydrogens is 238 g/mol. The number of rotatable bonds is 7. The van der Waals surface area contributed by atoms with Crippen LogP contribution in [0.15, 0.2) is 36.9 Å². The van der Waals surface area contributed by atoms with Crippen molar-refractivity contribution in [2.75, 3.05) is 0 Å². The van der Waals surface area contributed by atoms with Crippen LogP contribution in [-0.2, 0) is 19.4 Å². The molecule has 0 aromatic carbocycles. The summed E-state index contributed by atoms with van der Waals surface area (Å²) in [5, 5.41) is 0. The molecule has 0 amide bonds. The summed E-state index contributed by atoms with van der Waals surface area (Å²) in [4.78, 5) is 8.41. The van der Waals surface area contributed by atoms with Gasteiger partial charge in [0.2, 0.25) is 0 Å². The maximum Gasteiger partial charge on any atom is 0.110 e. The Morgan fingerprint density at radius 2 is 2.11 bits per heavy atom. The smallest absolute Gasteiger partial charge is 0.110 e. The van der Waals surface area contributed by atoms with Gasteiger partial charge in [0.05, 0.1) is 0 Å². The number of hydrogen-bond acceptors (Lipinski definition) is 4. The van der Waals surface area contributed by atoms with E-state index in [0.29, 0.717) is 0 Å². The van der Waals surface area contributed by atoms with Gasteiger partial charge in [-0.25, -0.2) is 4.98 Å². The lowest BCUT2D eigenvalue weighted by atomic mass is 10.0. The van der Waals surface area contributed by atoms with Crippen LogP contribution in [0, 0.1) is 0 Å². The Hall–Kier alpha value is -1.72. The second-order valence-electron chi connectivity index (χ2n) is 4.59. The van der Waals surface area contributed by atoms with E-state index in [4.69, 9.17) is 5.84 Å². The average molecular weight is 259 g/mol. The topological polar surface area (TPSA) is 68.8 Å². The van der Waals surface area contributed by atoms with E-state index in [2.05, 4.69) is 26.9 Å². The van der Waals surface area contributed by atoms with Gasteiger partial charge in [-0.05, 0) is 37.5 Å². The van der Waals surface area contributed by atoms with Gasteiger partial charge in [-0.3, -0.25) is 16.3 Å². The minimum absolute atomic E-state index is 0.237. The molecule has 1 unspecified atom stereocenters. The third kappa shape index (κ3) is 3.87. The largest absolute Gasteiger partial charge is 0.335 e. The number of imidazole rings is 1. The fraction of sp³-hybridized carbons (Fsp3) is 0.429. The summed E-state index contributed by atoms with van der Waals surface area (Å²) in [6.07, 6.45) is 10.3. The van der Waals surface area contributed by atoms with E-state index < -0.39 is 0 Å². The number of hydrazine groups is 1. The third-order valence-corrected chi connectivity index (χ3v) is 3.34. The first-order chi connectivity index (χ1) is 9.33. The summed E-state index contributed by atoms with van der Waals surface area (Å²) in [6.45, 7) is 3.06. The third-order valence-electron chi connectivity index (χ3n) is 3.34. The van der Waals surface area contributed by atoms with Crippen LogP contribution in [0.4, 0.5) is 0 Å². The van der Waals surface area contributed by atoms with Gasteiger partial charge in [-0.2, -0.15) is 0 Å². The fourth-order valence-electron chi connectivity index (χ4n) is 2.17. The van der Waals surface area contributed by atoms with E-state index in [1.54, 1.807) is 0 Å². The van der Waals surface area contributed by atoms with E-state index in [-0.39, 0.29) is 6.04 Å². The maximum atomic E-state index is 5.65. The second-order valence-corrected chi connectivity index (χ2v) is 4.59. The molecule has 0 fully saturated rings. The number of hydrogen-bond donors (Lipinski definition) is 2. The quantitative estimate of drug-likeness (QED) is 0.581. The monoisotopic (exact) mass is 259 g/mol. The molecule has 2 aromatic heterocycles. The maximum absolute atomic E-state index is 5.65. The van der Waals surface area contributed by atoms with Crippen LogP contribution in [0.25, 0.3) is 0 Å². The number of aromatic nitrogens is 3. The first-order valence-corrected chi connectivity index (χ1v) is 6.68. The van der Waals surface area contributed by atoms with Crippen molar-refractivity contribution in [1.82, 2.24) is 20.0 Å². The fourth-order valence-corrected chi connectivity index (χ4v) is 2.17. The van der Waals surface area contributed by atoms with Crippen molar-refractivity contribution in [3.05, 3.63) is 48.3 Å². The summed E-state index contributed by atoms with van der Waals surface area (Å²) in [5.74, 6) is 6.73. The zero-order chi connectivity index (χ0) is 13.5. The van der Waals surface area contributed by atoms with Crippen LogP contribution in [0.2, 0.25) is 0 Å². The van der Waals surface area contributed by atoms with Gasteiger partial charge in [-0.15, -0.1) is 0 Å². The lowest BCUT2D eigenvalue weighted by Crippen LogP contribution is -2.37. The zero-order valence-electron chi connectivity index (χ0n) is 11.3. The Morgan fingerprint density at radius 1 is 1.32 bits per heavy atom. The number of nitrogens with one attached hydrogen (secondary N) is 1. The minimum atomic E-state index is 0.237. The number of nitrogens with two attached hydrogens (primary N) is 1. The van der Waals surface area contributed by atoms with Crippen LogP contribution < -0.4 is 11.3 Å². The molecular formula is C14H21N5. The van der Waals surface area contributed by atoms with Gasteiger partial charge in [0.15, 0.2) is 0 Å². The van der Waals surface area contributed by atoms with E-state index in [0.717, 1.165) is 31.6 Å². The molecule has 0 bridgehead atoms. The molecule has 0 spiro atoms. The highest BCUT2D eigenvalue weighted by atomic mass is 15.2. The molecule has 0 saturated carbocycles. The summed E-state index contributed by atoms with van der Waals surface area (Å²) < 4.78 is 2.15. The predicted molar refractivity (Wildman–Crippen MR) is 75.3 cm³/mol. The highest BCUT2D eigenvalue weighted by Crippen LogP contribution is 2.08. The Balaban J connectivity index is 1.90. The number of aryl methyl sites for hydroxylation is 2. The van der Waals surface area contributed by atoms with Crippen molar-refractivity contribution in [2.24, 2.45) is 5.84 Å². The van der Waals surface area contributed by atoms with Crippen LogP contribution in [0.1, 0.15) is 24.7 Å².